The normalized spacial score (nSPS) is 10.8. The Hall–Kier alpha value is -3.76. The number of rotatable bonds is 7. The van der Waals surface area contributed by atoms with E-state index in [1.54, 1.807) is 37.5 Å². The van der Waals surface area contributed by atoms with E-state index in [2.05, 4.69) is 20.5 Å². The molecule has 0 saturated carbocycles. The molecule has 0 radical (unpaired) electrons. The van der Waals surface area contributed by atoms with Crippen LogP contribution in [0.25, 0.3) is 17.1 Å². The smallest absolute Gasteiger partial charge is 0.293 e. The number of amides is 1. The largest absolute Gasteiger partial charge is 0.319 e. The maximum atomic E-state index is 12.8. The van der Waals surface area contributed by atoms with Crippen LogP contribution in [0.1, 0.15) is 11.1 Å². The first kappa shape index (κ1) is 23.4. The quantitative estimate of drug-likeness (QED) is 0.212. The summed E-state index contributed by atoms with van der Waals surface area (Å²) >= 11 is 7.23. The van der Waals surface area contributed by atoms with Gasteiger partial charge in [0.15, 0.2) is 11.0 Å². The molecular formula is C23H19ClN6O3S. The lowest BCUT2D eigenvalue weighted by atomic mass is 10.1. The van der Waals surface area contributed by atoms with Crippen LogP contribution in [0.4, 0.5) is 11.4 Å². The first-order valence-electron chi connectivity index (χ1n) is 10.1. The lowest BCUT2D eigenvalue weighted by Gasteiger charge is -2.12. The molecular weight excluding hydrogens is 476 g/mol. The van der Waals surface area contributed by atoms with Gasteiger partial charge in [-0.15, -0.1) is 10.2 Å². The van der Waals surface area contributed by atoms with Gasteiger partial charge in [0.25, 0.3) is 5.69 Å². The second-order valence-corrected chi connectivity index (χ2v) is 8.73. The average molecular weight is 495 g/mol. The van der Waals surface area contributed by atoms with E-state index < -0.39 is 10.8 Å². The molecule has 2 aromatic heterocycles. The van der Waals surface area contributed by atoms with Crippen molar-refractivity contribution in [2.24, 2.45) is 0 Å². The third kappa shape index (κ3) is 4.92. The van der Waals surface area contributed by atoms with Crippen LogP contribution < -0.4 is 5.32 Å². The predicted molar refractivity (Wildman–Crippen MR) is 132 cm³/mol. The zero-order valence-corrected chi connectivity index (χ0v) is 19.8. The highest BCUT2D eigenvalue weighted by atomic mass is 35.5. The Morgan fingerprint density at radius 3 is 2.47 bits per heavy atom. The molecule has 0 fully saturated rings. The van der Waals surface area contributed by atoms with Gasteiger partial charge in [-0.3, -0.25) is 24.5 Å². The van der Waals surface area contributed by atoms with Crippen molar-refractivity contribution in [2.45, 2.75) is 19.0 Å². The van der Waals surface area contributed by atoms with E-state index in [0.717, 1.165) is 16.8 Å². The number of nitro groups is 1. The fraction of sp³-hybridized carbons (Fsp3) is 0.130. The minimum absolute atomic E-state index is 0.0212. The molecule has 11 heteroatoms. The van der Waals surface area contributed by atoms with E-state index in [1.807, 2.05) is 35.8 Å². The highest BCUT2D eigenvalue weighted by molar-refractivity contribution is 7.99. The van der Waals surface area contributed by atoms with E-state index in [9.17, 15) is 14.9 Å². The summed E-state index contributed by atoms with van der Waals surface area (Å²) in [7, 11) is 0. The fourth-order valence-electron chi connectivity index (χ4n) is 3.29. The number of benzene rings is 2. The summed E-state index contributed by atoms with van der Waals surface area (Å²) in [6.07, 6.45) is 3.32. The van der Waals surface area contributed by atoms with Crippen molar-refractivity contribution >= 4 is 40.6 Å². The van der Waals surface area contributed by atoms with Crippen molar-refractivity contribution in [1.29, 1.82) is 0 Å². The van der Waals surface area contributed by atoms with Crippen LogP contribution in [0, 0.1) is 24.0 Å². The number of hydrogen-bond acceptors (Lipinski definition) is 7. The molecule has 4 rings (SSSR count). The number of hydrogen-bond donors (Lipinski definition) is 1. The zero-order chi connectivity index (χ0) is 24.2. The number of pyridine rings is 1. The highest BCUT2D eigenvalue weighted by Gasteiger charge is 2.21. The molecule has 0 spiro atoms. The molecule has 0 unspecified atom stereocenters. The SMILES string of the molecule is Cc1ccc([N+](=O)[O-])c(NC(=O)CSc2nnc(-c3ccncc3)n2-c2ccc(Cl)cc2)c1C. The molecule has 2 aromatic carbocycles. The number of halogens is 1. The van der Waals surface area contributed by atoms with Crippen LogP contribution in [0.15, 0.2) is 66.1 Å². The molecule has 4 aromatic rings. The monoisotopic (exact) mass is 494 g/mol. The minimum Gasteiger partial charge on any atom is -0.319 e. The molecule has 1 amide bonds. The van der Waals surface area contributed by atoms with Gasteiger partial charge in [-0.05, 0) is 61.4 Å². The molecule has 1 N–H and O–H groups in total. The van der Waals surface area contributed by atoms with Crippen molar-refractivity contribution in [3.63, 3.8) is 0 Å². The van der Waals surface area contributed by atoms with E-state index >= 15 is 0 Å². The van der Waals surface area contributed by atoms with Gasteiger partial charge in [-0.25, -0.2) is 0 Å². The molecule has 0 atom stereocenters. The number of aryl methyl sites for hydroxylation is 1. The van der Waals surface area contributed by atoms with E-state index in [1.165, 1.54) is 17.8 Å². The second kappa shape index (κ2) is 10.0. The van der Waals surface area contributed by atoms with E-state index in [4.69, 9.17) is 11.6 Å². The Labute approximate surface area is 204 Å². The van der Waals surface area contributed by atoms with Crippen LogP contribution in [0.3, 0.4) is 0 Å². The Balaban J connectivity index is 1.61. The lowest BCUT2D eigenvalue weighted by Crippen LogP contribution is -2.17. The average Bonchev–Trinajstić information content (AvgIpc) is 3.25. The van der Waals surface area contributed by atoms with E-state index in [-0.39, 0.29) is 17.1 Å². The Kier molecular flexibility index (Phi) is 6.90. The van der Waals surface area contributed by atoms with Crippen molar-refractivity contribution in [3.8, 4) is 17.1 Å². The summed E-state index contributed by atoms with van der Waals surface area (Å²) in [6.45, 7) is 3.57. The Morgan fingerprint density at radius 1 is 1.09 bits per heavy atom. The number of nitrogens with zero attached hydrogens (tertiary/aromatic N) is 5. The number of carbonyl (C=O) groups is 1. The van der Waals surface area contributed by atoms with Crippen molar-refractivity contribution in [3.05, 3.63) is 87.2 Å². The highest BCUT2D eigenvalue weighted by Crippen LogP contribution is 2.31. The van der Waals surface area contributed by atoms with Gasteiger partial charge >= 0.3 is 0 Å². The topological polar surface area (TPSA) is 116 Å². The summed E-state index contributed by atoms with van der Waals surface area (Å²) in [5.74, 6) is 0.169. The predicted octanol–water partition coefficient (Wildman–Crippen LogP) is 5.24. The summed E-state index contributed by atoms with van der Waals surface area (Å²) < 4.78 is 1.82. The second-order valence-electron chi connectivity index (χ2n) is 7.35. The maximum Gasteiger partial charge on any atom is 0.293 e. The minimum atomic E-state index is -0.507. The number of anilines is 1. The number of thioether (sulfide) groups is 1. The zero-order valence-electron chi connectivity index (χ0n) is 18.2. The fourth-order valence-corrected chi connectivity index (χ4v) is 4.17. The molecule has 2 heterocycles. The van der Waals surface area contributed by atoms with Crippen LogP contribution in [-0.4, -0.2) is 36.3 Å². The van der Waals surface area contributed by atoms with Gasteiger partial charge in [0.05, 0.1) is 10.7 Å². The first-order valence-corrected chi connectivity index (χ1v) is 11.5. The van der Waals surface area contributed by atoms with E-state index in [0.29, 0.717) is 21.6 Å². The first-order chi connectivity index (χ1) is 16.3. The molecule has 0 aliphatic rings. The Morgan fingerprint density at radius 2 is 1.79 bits per heavy atom. The van der Waals surface area contributed by atoms with Gasteiger partial charge in [-0.2, -0.15) is 0 Å². The van der Waals surface area contributed by atoms with Crippen molar-refractivity contribution < 1.29 is 9.72 Å². The van der Waals surface area contributed by atoms with Crippen LogP contribution in [0.5, 0.6) is 0 Å². The number of aromatic nitrogens is 4. The van der Waals surface area contributed by atoms with Gasteiger partial charge in [0, 0.05) is 34.7 Å². The summed E-state index contributed by atoms with van der Waals surface area (Å²) in [5.41, 5.74) is 3.13. The molecule has 34 heavy (non-hydrogen) atoms. The molecule has 9 nitrogen and oxygen atoms in total. The van der Waals surface area contributed by atoms with Crippen molar-refractivity contribution in [2.75, 3.05) is 11.1 Å². The van der Waals surface area contributed by atoms with Crippen LogP contribution in [-0.2, 0) is 4.79 Å². The Bertz CT molecular complexity index is 1360. The summed E-state index contributed by atoms with van der Waals surface area (Å²) in [5, 5.41) is 23.8. The third-order valence-electron chi connectivity index (χ3n) is 5.16. The van der Waals surface area contributed by atoms with Crippen LogP contribution >= 0.6 is 23.4 Å². The molecule has 0 aliphatic heterocycles. The van der Waals surface area contributed by atoms with Gasteiger partial charge in [0.1, 0.15) is 5.69 Å². The molecule has 0 bridgehead atoms. The summed E-state index contributed by atoms with van der Waals surface area (Å²) in [4.78, 5) is 27.7. The van der Waals surface area contributed by atoms with Crippen molar-refractivity contribution in [1.82, 2.24) is 19.7 Å². The lowest BCUT2D eigenvalue weighted by molar-refractivity contribution is -0.384. The standard InChI is InChI=1S/C23H19ClN6O3S/c1-14-3-8-19(30(32)33)21(15(14)2)26-20(31)13-34-23-28-27-22(16-9-11-25-12-10-16)29(23)18-6-4-17(24)5-7-18/h3-12H,13H2,1-2H3,(H,26,31). The van der Waals surface area contributed by atoms with Gasteiger partial charge in [0.2, 0.25) is 5.91 Å². The van der Waals surface area contributed by atoms with Gasteiger partial charge in [-0.1, -0.05) is 29.4 Å². The molecule has 172 valence electrons. The maximum absolute atomic E-state index is 12.8. The van der Waals surface area contributed by atoms with Crippen LogP contribution in [0.2, 0.25) is 5.02 Å². The number of nitrogens with one attached hydrogen (secondary N) is 1. The summed E-state index contributed by atoms with van der Waals surface area (Å²) in [6, 6.07) is 13.9. The number of carbonyl (C=O) groups excluding carboxylic acids is 1. The molecule has 0 aliphatic carbocycles. The third-order valence-corrected chi connectivity index (χ3v) is 6.34. The van der Waals surface area contributed by atoms with Gasteiger partial charge < -0.3 is 5.32 Å². The molecule has 0 saturated heterocycles. The number of nitro benzene ring substituents is 1.